The summed E-state index contributed by atoms with van der Waals surface area (Å²) in [5.74, 6) is 0. The van der Waals surface area contributed by atoms with E-state index in [1.807, 2.05) is 0 Å². The monoisotopic (exact) mass is 1150 g/mol. The third kappa shape index (κ3) is 16900. The van der Waals surface area contributed by atoms with Gasteiger partial charge < -0.3 is 0 Å². The molecule has 0 saturated heterocycles. The van der Waals surface area contributed by atoms with Gasteiger partial charge in [0.15, 0.2) is 104 Å². The second-order valence-electron chi connectivity index (χ2n) is 4.03. The van der Waals surface area contributed by atoms with Gasteiger partial charge in [0.1, 0.15) is 0 Å². The van der Waals surface area contributed by atoms with Gasteiger partial charge in [-0.05, 0) is 0 Å². The third-order valence-electron chi connectivity index (χ3n) is 0. The molecule has 0 saturated carbocycles. The molecular weight excluding hydrogens is 1120 g/mol. The maximum absolute atomic E-state index is 8.74. The fourth-order valence-electron chi connectivity index (χ4n) is 0. The summed E-state index contributed by atoms with van der Waals surface area (Å²) in [5.41, 5.74) is 0. The molecule has 0 amide bonds. The molecule has 0 bridgehead atoms. The summed E-state index contributed by atoms with van der Waals surface area (Å²) in [6, 6.07) is 0. The van der Waals surface area contributed by atoms with E-state index in [-0.39, 0.29) is 130 Å². The molecule has 52 heavy (non-hydrogen) atoms. The van der Waals surface area contributed by atoms with Crippen molar-refractivity contribution in [3.8, 4) is 0 Å². The van der Waals surface area contributed by atoms with Crippen molar-refractivity contribution in [2.75, 3.05) is 0 Å². The van der Waals surface area contributed by atoms with E-state index >= 15 is 0 Å². The van der Waals surface area contributed by atoms with Crippen LogP contribution >= 0.6 is 0 Å². The molecule has 0 aromatic carbocycles. The van der Waals surface area contributed by atoms with Crippen LogP contribution in [-0.4, -0.2) is 262 Å². The van der Waals surface area contributed by atoms with E-state index in [0.29, 0.717) is 0 Å². The number of hydrogen-bond donors (Lipinski definition) is 18. The van der Waals surface area contributed by atoms with Gasteiger partial charge >= 0.3 is 93.6 Å². The molecule has 36 nitrogen and oxygen atoms in total. The molecule has 0 heterocycles. The van der Waals surface area contributed by atoms with Crippen molar-refractivity contribution in [1.29, 1.82) is 0 Å². The Labute approximate surface area is 377 Å². The van der Waals surface area contributed by atoms with Crippen molar-refractivity contribution in [1.82, 2.24) is 0 Å². The van der Waals surface area contributed by atoms with Crippen molar-refractivity contribution in [3.05, 3.63) is 0 Å². The summed E-state index contributed by atoms with van der Waals surface area (Å²) in [4.78, 5) is 0. The van der Waals surface area contributed by atoms with Crippen LogP contribution in [0.5, 0.6) is 0 Å². The Hall–Kier alpha value is 2.91. The van der Waals surface area contributed by atoms with Gasteiger partial charge in [0.2, 0.25) is 0 Å². The van der Waals surface area contributed by atoms with E-state index in [0.717, 1.165) is 0 Å². The van der Waals surface area contributed by atoms with E-state index in [1.54, 1.807) is 0 Å². The van der Waals surface area contributed by atoms with Crippen molar-refractivity contribution in [2.24, 2.45) is 0 Å². The summed E-state index contributed by atoms with van der Waals surface area (Å²) >= 11 is 0. The summed E-state index contributed by atoms with van der Waals surface area (Å²) < 4.78 is 284. The molecule has 0 unspecified atom stereocenters. The molecular formula is H36Al6O36S9Zr. The van der Waals surface area contributed by atoms with Gasteiger partial charge in [-0.25, -0.2) is 0 Å². The normalized spacial score (nSPS) is 10.0. The first-order valence-corrected chi connectivity index (χ1v) is 18.9. The standard InChI is InChI=1S/6Al.9H2O4S.Zr.18H/c;;;;;;9*1-5(2,3)4;;;;;;;;;;;;;;;;;;;/h;;;;;;9*(H2,1,2,3,4);;;;;;;;;;;;;;;;;;;. The topological polar surface area (TPSA) is 671 Å². The van der Waals surface area contributed by atoms with Crippen LogP contribution in [0, 0.1) is 0 Å². The minimum absolute atomic E-state index is 0. The maximum atomic E-state index is 8.74. The van der Waals surface area contributed by atoms with E-state index in [2.05, 4.69) is 0 Å². The predicted molar refractivity (Wildman–Crippen MR) is 187 cm³/mol. The van der Waals surface area contributed by atoms with Crippen molar-refractivity contribution in [3.63, 3.8) is 0 Å². The molecule has 0 aliphatic carbocycles. The van der Waals surface area contributed by atoms with Crippen molar-refractivity contribution >= 4 is 198 Å². The van der Waals surface area contributed by atoms with Gasteiger partial charge in [-0.3, -0.25) is 81.9 Å². The van der Waals surface area contributed by atoms with Gasteiger partial charge in [-0.2, -0.15) is 75.8 Å². The minimum Gasteiger partial charge on any atom is -0.264 e. The van der Waals surface area contributed by atoms with Crippen LogP contribution in [-0.2, 0) is 120 Å². The van der Waals surface area contributed by atoms with Gasteiger partial charge in [0, 0.05) is 26.2 Å². The average Bonchev–Trinajstić information content (AvgIpc) is 2.26. The molecule has 0 spiro atoms. The molecule has 0 radical (unpaired) electrons. The summed E-state index contributed by atoms with van der Waals surface area (Å²) in [5, 5.41) is 0. The zero-order chi connectivity index (χ0) is 40.5. The van der Waals surface area contributed by atoms with Crippen LogP contribution in [0.4, 0.5) is 0 Å². The van der Waals surface area contributed by atoms with Gasteiger partial charge in [-0.1, -0.05) is 0 Å². The van der Waals surface area contributed by atoms with Gasteiger partial charge in [0.05, 0.1) is 0 Å². The molecule has 0 aliphatic heterocycles. The molecule has 0 rings (SSSR count). The summed E-state index contributed by atoms with van der Waals surface area (Å²) in [7, 11) is -42.0. The Bertz CT molecular complexity index is 1240. The molecule has 328 valence electrons. The first-order valence-electron chi connectivity index (χ1n) is 6.29. The second kappa shape index (κ2) is 46.6. The molecule has 0 fully saturated rings. The molecule has 0 atom stereocenters. The Balaban J connectivity index is -0.0000000197. The van der Waals surface area contributed by atoms with E-state index in [4.69, 9.17) is 158 Å². The summed E-state index contributed by atoms with van der Waals surface area (Å²) in [6.07, 6.45) is 0. The van der Waals surface area contributed by atoms with E-state index in [1.165, 1.54) is 0 Å². The Kier molecular flexibility index (Phi) is 94.5. The largest absolute Gasteiger partial charge is 0.394 e. The smallest absolute Gasteiger partial charge is 0.264 e. The molecule has 0 aromatic heterocycles. The third-order valence-corrected chi connectivity index (χ3v) is 0. The van der Waals surface area contributed by atoms with E-state index < -0.39 is 93.6 Å². The fourth-order valence-corrected chi connectivity index (χ4v) is 0. The fraction of sp³-hybridized carbons (Fsp3) is 0. The number of rotatable bonds is 0. The van der Waals surface area contributed by atoms with Crippen LogP contribution in [0.25, 0.3) is 0 Å². The van der Waals surface area contributed by atoms with Crippen molar-refractivity contribution < 1.29 is 184 Å². The van der Waals surface area contributed by atoms with Gasteiger partial charge in [-0.15, -0.1) is 0 Å². The molecule has 0 aromatic rings. The SMILES string of the molecule is O=S(=O)(O)O.O=S(=O)(O)O.O=S(=O)(O)O.O=S(=O)(O)O.O=S(=O)(O)O.O=S(=O)(O)O.O=S(=O)(O)O.O=S(=O)(O)O.O=S(=O)(O)O.[AlH3].[AlH3].[AlH3].[AlH3].[AlH3].[AlH3].[Zr]. The molecule has 18 N–H and O–H groups in total. The maximum Gasteiger partial charge on any atom is 0.394 e. The predicted octanol–water partition coefficient (Wildman–Crippen LogP) is -13.0. The Morgan fingerprint density at radius 3 is 0.154 bits per heavy atom. The molecule has 0 aliphatic rings. The zero-order valence-electron chi connectivity index (χ0n) is 19.6. The van der Waals surface area contributed by atoms with E-state index in [9.17, 15) is 0 Å². The van der Waals surface area contributed by atoms with Crippen molar-refractivity contribution in [2.45, 2.75) is 0 Å². The zero-order valence-corrected chi connectivity index (χ0v) is 29.4. The number of hydrogen-bond acceptors (Lipinski definition) is 18. The van der Waals surface area contributed by atoms with Crippen LogP contribution in [0.1, 0.15) is 0 Å². The van der Waals surface area contributed by atoms with Crippen LogP contribution in [0.15, 0.2) is 0 Å². The first-order chi connectivity index (χ1) is 18.0. The average molecular weight is 1150 g/mol. The quantitative estimate of drug-likeness (QED) is 0.0791. The van der Waals surface area contributed by atoms with Gasteiger partial charge in [0.25, 0.3) is 0 Å². The summed E-state index contributed by atoms with van der Waals surface area (Å²) in [6.45, 7) is 0. The van der Waals surface area contributed by atoms with Crippen LogP contribution in [0.2, 0.25) is 0 Å². The first kappa shape index (κ1) is 105. The van der Waals surface area contributed by atoms with Crippen LogP contribution in [0.3, 0.4) is 0 Å². The minimum atomic E-state index is -4.67. The molecule has 52 heteroatoms. The second-order valence-corrected chi connectivity index (χ2v) is 12.1. The Morgan fingerprint density at radius 2 is 0.154 bits per heavy atom. The van der Waals surface area contributed by atoms with Crippen LogP contribution < -0.4 is 0 Å². The Morgan fingerprint density at radius 1 is 0.154 bits per heavy atom.